The molecule has 0 radical (unpaired) electrons. The summed E-state index contributed by atoms with van der Waals surface area (Å²) < 4.78 is 13.5. The van der Waals surface area contributed by atoms with Crippen molar-refractivity contribution in [2.24, 2.45) is 4.99 Å². The van der Waals surface area contributed by atoms with Gasteiger partial charge < -0.3 is 10.5 Å². The number of anilines is 1. The summed E-state index contributed by atoms with van der Waals surface area (Å²) in [5, 5.41) is 11.9. The van der Waals surface area contributed by atoms with Crippen molar-refractivity contribution in [3.05, 3.63) is 60.0 Å². The van der Waals surface area contributed by atoms with Crippen molar-refractivity contribution in [2.45, 2.75) is 0 Å². The van der Waals surface area contributed by atoms with E-state index in [-0.39, 0.29) is 5.82 Å². The number of carbonyl (C=O) groups excluding carboxylic acids is 1. The van der Waals surface area contributed by atoms with Gasteiger partial charge in [0.2, 0.25) is 0 Å². The standard InChI is InChI=1S/C12H10FN3O2/c13-9-1-3-10(4-2-9)14-12(17)15-11-5-7-16(18)8-6-11/h1-8,18H,(H,14,17). The van der Waals surface area contributed by atoms with Crippen LogP contribution in [0.3, 0.4) is 0 Å². The van der Waals surface area contributed by atoms with Crippen molar-refractivity contribution < 1.29 is 14.4 Å². The Bertz CT molecular complexity index is 599. The van der Waals surface area contributed by atoms with Gasteiger partial charge in [0.25, 0.3) is 0 Å². The SMILES string of the molecule is O=C(N=c1ccn(O)cc1)Nc1ccc(F)cc1. The molecule has 0 bridgehead atoms. The Labute approximate surface area is 102 Å². The third-order valence-electron chi connectivity index (χ3n) is 2.12. The summed E-state index contributed by atoms with van der Waals surface area (Å²) in [6.07, 6.45) is 2.70. The van der Waals surface area contributed by atoms with Gasteiger partial charge in [-0.15, -0.1) is 0 Å². The number of carbonyl (C=O) groups is 1. The van der Waals surface area contributed by atoms with Crippen LogP contribution in [-0.2, 0) is 0 Å². The average Bonchev–Trinajstić information content (AvgIpc) is 2.35. The van der Waals surface area contributed by atoms with E-state index in [2.05, 4.69) is 10.3 Å². The van der Waals surface area contributed by atoms with Crippen LogP contribution < -0.4 is 10.7 Å². The van der Waals surface area contributed by atoms with E-state index in [9.17, 15) is 9.18 Å². The van der Waals surface area contributed by atoms with Crippen LogP contribution >= 0.6 is 0 Å². The quantitative estimate of drug-likeness (QED) is 0.757. The fraction of sp³-hybridized carbons (Fsp3) is 0. The van der Waals surface area contributed by atoms with E-state index in [0.29, 0.717) is 11.0 Å². The molecule has 2 amide bonds. The van der Waals surface area contributed by atoms with Crippen LogP contribution in [0.1, 0.15) is 0 Å². The molecule has 0 fully saturated rings. The van der Waals surface area contributed by atoms with Crippen molar-refractivity contribution in [2.75, 3.05) is 5.32 Å². The second kappa shape index (κ2) is 5.13. The molecule has 0 aliphatic carbocycles. The summed E-state index contributed by atoms with van der Waals surface area (Å²) >= 11 is 0. The number of rotatable bonds is 1. The highest BCUT2D eigenvalue weighted by Gasteiger charge is 1.99. The number of nitrogens with one attached hydrogen (secondary N) is 1. The topological polar surface area (TPSA) is 66.6 Å². The average molecular weight is 247 g/mol. The Hall–Kier alpha value is -2.63. The summed E-state index contributed by atoms with van der Waals surface area (Å²) in [6.45, 7) is 0. The number of urea groups is 1. The van der Waals surface area contributed by atoms with Gasteiger partial charge in [0.05, 0.1) is 5.36 Å². The predicted octanol–water partition coefficient (Wildman–Crippen LogP) is 2.00. The summed E-state index contributed by atoms with van der Waals surface area (Å²) in [7, 11) is 0. The second-order valence-electron chi connectivity index (χ2n) is 3.49. The molecule has 2 rings (SSSR count). The van der Waals surface area contributed by atoms with Gasteiger partial charge in [-0.1, -0.05) is 0 Å². The highest BCUT2D eigenvalue weighted by Crippen LogP contribution is 2.08. The molecule has 0 saturated carbocycles. The zero-order valence-electron chi connectivity index (χ0n) is 9.25. The van der Waals surface area contributed by atoms with Gasteiger partial charge in [-0.3, -0.25) is 0 Å². The van der Waals surface area contributed by atoms with Crippen molar-refractivity contribution >= 4 is 11.7 Å². The highest BCUT2D eigenvalue weighted by molar-refractivity contribution is 5.89. The Morgan fingerprint density at radius 2 is 1.78 bits per heavy atom. The molecular formula is C12H10FN3O2. The molecule has 18 heavy (non-hydrogen) atoms. The lowest BCUT2D eigenvalue weighted by atomic mass is 10.3. The lowest BCUT2D eigenvalue weighted by Gasteiger charge is -2.00. The van der Waals surface area contributed by atoms with Gasteiger partial charge in [0.1, 0.15) is 5.82 Å². The van der Waals surface area contributed by atoms with E-state index in [4.69, 9.17) is 5.21 Å². The van der Waals surface area contributed by atoms with E-state index < -0.39 is 6.03 Å². The number of hydrogen-bond donors (Lipinski definition) is 2. The summed E-state index contributed by atoms with van der Waals surface area (Å²) in [4.78, 5) is 15.3. The van der Waals surface area contributed by atoms with Gasteiger partial charge in [-0.2, -0.15) is 4.99 Å². The van der Waals surface area contributed by atoms with Crippen LogP contribution in [0.2, 0.25) is 0 Å². The Morgan fingerprint density at radius 3 is 2.39 bits per heavy atom. The number of nitrogens with zero attached hydrogens (tertiary/aromatic N) is 2. The Kier molecular flexibility index (Phi) is 3.38. The zero-order chi connectivity index (χ0) is 13.0. The fourth-order valence-electron chi connectivity index (χ4n) is 1.29. The lowest BCUT2D eigenvalue weighted by Crippen LogP contribution is -2.12. The van der Waals surface area contributed by atoms with Crippen molar-refractivity contribution in [1.82, 2.24) is 4.73 Å². The first kappa shape index (κ1) is 11.8. The maximum absolute atomic E-state index is 12.6. The highest BCUT2D eigenvalue weighted by atomic mass is 19.1. The molecule has 0 spiro atoms. The summed E-state index contributed by atoms with van der Waals surface area (Å²) in [5.41, 5.74) is 0.457. The van der Waals surface area contributed by atoms with Crippen LogP contribution in [0, 0.1) is 5.82 Å². The predicted molar refractivity (Wildman–Crippen MR) is 62.6 cm³/mol. The number of pyridine rings is 1. The molecule has 0 atom stereocenters. The first-order chi connectivity index (χ1) is 8.63. The third-order valence-corrected chi connectivity index (χ3v) is 2.12. The minimum atomic E-state index is -0.572. The minimum absolute atomic E-state index is 0.375. The van der Waals surface area contributed by atoms with E-state index in [1.165, 1.54) is 48.8 Å². The molecule has 2 aromatic rings. The van der Waals surface area contributed by atoms with E-state index in [1.807, 2.05) is 0 Å². The lowest BCUT2D eigenvalue weighted by molar-refractivity contribution is 0.184. The fourth-order valence-corrected chi connectivity index (χ4v) is 1.29. The molecule has 6 heteroatoms. The minimum Gasteiger partial charge on any atom is -0.429 e. The van der Waals surface area contributed by atoms with E-state index in [1.54, 1.807) is 0 Å². The summed E-state index contributed by atoms with van der Waals surface area (Å²) in [5.74, 6) is -0.375. The molecule has 5 nitrogen and oxygen atoms in total. The molecular weight excluding hydrogens is 237 g/mol. The van der Waals surface area contributed by atoms with Crippen LogP contribution in [0.15, 0.2) is 53.8 Å². The zero-order valence-corrected chi connectivity index (χ0v) is 9.25. The number of benzene rings is 1. The number of amides is 2. The first-order valence-electron chi connectivity index (χ1n) is 5.12. The monoisotopic (exact) mass is 247 g/mol. The van der Waals surface area contributed by atoms with Crippen molar-refractivity contribution in [3.63, 3.8) is 0 Å². The summed E-state index contributed by atoms with van der Waals surface area (Å²) in [6, 6.07) is 7.75. The second-order valence-corrected chi connectivity index (χ2v) is 3.49. The van der Waals surface area contributed by atoms with Gasteiger partial charge >= 0.3 is 6.03 Å². The Balaban J connectivity index is 2.11. The van der Waals surface area contributed by atoms with Crippen LogP contribution in [-0.4, -0.2) is 16.0 Å². The maximum Gasteiger partial charge on any atom is 0.345 e. The van der Waals surface area contributed by atoms with Gasteiger partial charge in [-0.05, 0) is 36.4 Å². The van der Waals surface area contributed by atoms with Crippen LogP contribution in [0.5, 0.6) is 0 Å². The van der Waals surface area contributed by atoms with Crippen LogP contribution in [0.4, 0.5) is 14.9 Å². The number of hydrogen-bond acceptors (Lipinski definition) is 2. The molecule has 1 heterocycles. The molecule has 1 aromatic carbocycles. The molecule has 2 N–H and O–H groups in total. The number of aromatic nitrogens is 1. The largest absolute Gasteiger partial charge is 0.429 e. The van der Waals surface area contributed by atoms with Gasteiger partial charge in [0.15, 0.2) is 0 Å². The molecule has 92 valence electrons. The molecule has 0 aliphatic rings. The molecule has 0 unspecified atom stereocenters. The van der Waals surface area contributed by atoms with E-state index in [0.717, 1.165) is 4.73 Å². The third kappa shape index (κ3) is 3.18. The van der Waals surface area contributed by atoms with Gasteiger partial charge in [0, 0.05) is 18.1 Å². The first-order valence-corrected chi connectivity index (χ1v) is 5.12. The van der Waals surface area contributed by atoms with Crippen LogP contribution in [0.25, 0.3) is 0 Å². The van der Waals surface area contributed by atoms with E-state index >= 15 is 0 Å². The molecule has 0 aliphatic heterocycles. The molecule has 1 aromatic heterocycles. The maximum atomic E-state index is 12.6. The van der Waals surface area contributed by atoms with Crippen molar-refractivity contribution in [1.29, 1.82) is 0 Å². The smallest absolute Gasteiger partial charge is 0.345 e. The number of halogens is 1. The van der Waals surface area contributed by atoms with Gasteiger partial charge in [-0.25, -0.2) is 13.9 Å². The Morgan fingerprint density at radius 1 is 1.17 bits per heavy atom. The van der Waals surface area contributed by atoms with Crippen molar-refractivity contribution in [3.8, 4) is 0 Å². The molecule has 0 saturated heterocycles. The normalized spacial score (nSPS) is 9.83.